The number of anilines is 1. The lowest BCUT2D eigenvalue weighted by molar-refractivity contribution is -0.137. The van der Waals surface area contributed by atoms with Crippen LogP contribution in [0.3, 0.4) is 0 Å². The molecule has 162 valence electrons. The molecule has 0 saturated heterocycles. The SMILES string of the molecule is CC(=O)Nc1ccccc1COc1ccc(CCC(=O)O)cc1-c1ccc2[nH]ccc2c1. The van der Waals surface area contributed by atoms with E-state index in [1.807, 2.05) is 66.9 Å². The number of nitrogens with one attached hydrogen (secondary N) is 2. The van der Waals surface area contributed by atoms with Crippen LogP contribution in [0.1, 0.15) is 24.5 Å². The predicted molar refractivity (Wildman–Crippen MR) is 125 cm³/mol. The molecule has 0 radical (unpaired) electrons. The van der Waals surface area contributed by atoms with Gasteiger partial charge in [0.25, 0.3) is 0 Å². The summed E-state index contributed by atoms with van der Waals surface area (Å²) >= 11 is 0. The first-order valence-electron chi connectivity index (χ1n) is 10.4. The number of aliphatic carboxylic acids is 1. The molecule has 4 rings (SSSR count). The Labute approximate surface area is 185 Å². The highest BCUT2D eigenvalue weighted by Crippen LogP contribution is 2.34. The van der Waals surface area contributed by atoms with Crippen molar-refractivity contribution in [3.05, 3.63) is 84.1 Å². The third-order valence-corrected chi connectivity index (χ3v) is 5.25. The summed E-state index contributed by atoms with van der Waals surface area (Å²) in [6.07, 6.45) is 2.41. The molecule has 3 aromatic carbocycles. The standard InChI is InChI=1S/C26H24N2O4/c1-17(29)28-24-5-3-2-4-21(24)16-32-25-10-6-18(7-11-26(30)31)14-22(25)19-8-9-23-20(15-19)12-13-27-23/h2-6,8-10,12-15,27H,7,11,16H2,1H3,(H,28,29)(H,30,31). The van der Waals surface area contributed by atoms with Crippen LogP contribution in [0.15, 0.2) is 72.9 Å². The van der Waals surface area contributed by atoms with Crippen molar-refractivity contribution < 1.29 is 19.4 Å². The summed E-state index contributed by atoms with van der Waals surface area (Å²) in [5.74, 6) is -0.271. The van der Waals surface area contributed by atoms with E-state index in [1.165, 1.54) is 6.92 Å². The molecule has 0 bridgehead atoms. The Bertz CT molecular complexity index is 1280. The first-order valence-corrected chi connectivity index (χ1v) is 10.4. The number of amides is 1. The number of fused-ring (bicyclic) bond motifs is 1. The highest BCUT2D eigenvalue weighted by Gasteiger charge is 2.12. The van der Waals surface area contributed by atoms with Crippen molar-refractivity contribution in [2.24, 2.45) is 0 Å². The van der Waals surface area contributed by atoms with Crippen LogP contribution in [0, 0.1) is 0 Å². The number of hydrogen-bond donors (Lipinski definition) is 3. The number of benzene rings is 3. The van der Waals surface area contributed by atoms with Gasteiger partial charge in [0.15, 0.2) is 0 Å². The summed E-state index contributed by atoms with van der Waals surface area (Å²) in [4.78, 5) is 25.7. The van der Waals surface area contributed by atoms with Crippen LogP contribution in [0.2, 0.25) is 0 Å². The Morgan fingerprint density at radius 3 is 2.69 bits per heavy atom. The molecular weight excluding hydrogens is 404 g/mol. The number of carbonyl (C=O) groups excluding carboxylic acids is 1. The molecule has 1 amide bonds. The summed E-state index contributed by atoms with van der Waals surface area (Å²) < 4.78 is 6.20. The average molecular weight is 428 g/mol. The molecule has 0 aliphatic carbocycles. The number of carbonyl (C=O) groups is 2. The molecule has 0 aliphatic rings. The van der Waals surface area contributed by atoms with Crippen LogP contribution in [-0.2, 0) is 22.6 Å². The van der Waals surface area contributed by atoms with Crippen molar-refractivity contribution in [1.29, 1.82) is 0 Å². The fourth-order valence-electron chi connectivity index (χ4n) is 3.67. The Morgan fingerprint density at radius 1 is 1.03 bits per heavy atom. The topological polar surface area (TPSA) is 91.4 Å². The Hall–Kier alpha value is -4.06. The van der Waals surface area contributed by atoms with Gasteiger partial charge in [-0.15, -0.1) is 0 Å². The normalized spacial score (nSPS) is 10.8. The monoisotopic (exact) mass is 428 g/mol. The minimum absolute atomic E-state index is 0.0700. The van der Waals surface area contributed by atoms with Gasteiger partial charge in [-0.2, -0.15) is 0 Å². The second-order valence-corrected chi connectivity index (χ2v) is 7.63. The molecule has 0 saturated carbocycles. The van der Waals surface area contributed by atoms with E-state index >= 15 is 0 Å². The largest absolute Gasteiger partial charge is 0.488 e. The van der Waals surface area contributed by atoms with E-state index in [4.69, 9.17) is 9.84 Å². The highest BCUT2D eigenvalue weighted by atomic mass is 16.5. The minimum Gasteiger partial charge on any atom is -0.488 e. The lowest BCUT2D eigenvalue weighted by Crippen LogP contribution is -2.09. The van der Waals surface area contributed by atoms with Gasteiger partial charge in [-0.25, -0.2) is 0 Å². The van der Waals surface area contributed by atoms with Gasteiger partial charge in [-0.1, -0.05) is 30.3 Å². The summed E-state index contributed by atoms with van der Waals surface area (Å²) in [7, 11) is 0. The third kappa shape index (κ3) is 4.98. The second-order valence-electron chi connectivity index (χ2n) is 7.63. The maximum atomic E-state index is 11.5. The number of H-pyrrole nitrogens is 1. The van der Waals surface area contributed by atoms with Gasteiger partial charge in [0.05, 0.1) is 0 Å². The molecular formula is C26H24N2O4. The molecule has 3 N–H and O–H groups in total. The fourth-order valence-corrected chi connectivity index (χ4v) is 3.67. The van der Waals surface area contributed by atoms with Crippen molar-refractivity contribution in [2.75, 3.05) is 5.32 Å². The molecule has 32 heavy (non-hydrogen) atoms. The van der Waals surface area contributed by atoms with Crippen LogP contribution in [0.5, 0.6) is 5.75 Å². The minimum atomic E-state index is -0.824. The van der Waals surface area contributed by atoms with E-state index in [2.05, 4.69) is 16.4 Å². The maximum absolute atomic E-state index is 11.5. The first kappa shape index (κ1) is 21.2. The lowest BCUT2D eigenvalue weighted by atomic mass is 9.98. The molecule has 0 spiro atoms. The van der Waals surface area contributed by atoms with Gasteiger partial charge in [-0.05, 0) is 59.3 Å². The Balaban J connectivity index is 1.66. The van der Waals surface area contributed by atoms with E-state index in [0.29, 0.717) is 17.9 Å². The van der Waals surface area contributed by atoms with E-state index < -0.39 is 5.97 Å². The van der Waals surface area contributed by atoms with Gasteiger partial charge < -0.3 is 20.1 Å². The maximum Gasteiger partial charge on any atom is 0.303 e. The van der Waals surface area contributed by atoms with Gasteiger partial charge in [0.1, 0.15) is 12.4 Å². The van der Waals surface area contributed by atoms with Crippen LogP contribution in [0.25, 0.3) is 22.0 Å². The van der Waals surface area contributed by atoms with Crippen molar-refractivity contribution in [2.45, 2.75) is 26.4 Å². The first-order chi connectivity index (χ1) is 15.5. The molecule has 0 fully saturated rings. The molecule has 0 aliphatic heterocycles. The zero-order valence-electron chi connectivity index (χ0n) is 17.7. The number of ether oxygens (including phenoxy) is 1. The summed E-state index contributed by atoms with van der Waals surface area (Å²) in [6, 6.07) is 21.4. The smallest absolute Gasteiger partial charge is 0.303 e. The Morgan fingerprint density at radius 2 is 1.88 bits per heavy atom. The van der Waals surface area contributed by atoms with Crippen LogP contribution in [0.4, 0.5) is 5.69 Å². The predicted octanol–water partition coefficient (Wildman–Crippen LogP) is 5.39. The van der Waals surface area contributed by atoms with Gasteiger partial charge >= 0.3 is 5.97 Å². The number of aromatic amines is 1. The molecule has 0 atom stereocenters. The van der Waals surface area contributed by atoms with Gasteiger partial charge in [0.2, 0.25) is 5.91 Å². The Kier molecular flexibility index (Phi) is 6.22. The average Bonchev–Trinajstić information content (AvgIpc) is 3.25. The number of rotatable bonds is 8. The molecule has 1 aromatic heterocycles. The number of aromatic nitrogens is 1. The zero-order chi connectivity index (χ0) is 22.5. The van der Waals surface area contributed by atoms with Gasteiger partial charge in [-0.3, -0.25) is 9.59 Å². The van der Waals surface area contributed by atoms with Crippen LogP contribution < -0.4 is 10.1 Å². The van der Waals surface area contributed by atoms with Crippen molar-refractivity contribution in [3.8, 4) is 16.9 Å². The summed E-state index contributed by atoms with van der Waals surface area (Å²) in [5, 5.41) is 13.0. The number of hydrogen-bond acceptors (Lipinski definition) is 3. The van der Waals surface area contributed by atoms with Crippen molar-refractivity contribution in [3.63, 3.8) is 0 Å². The van der Waals surface area contributed by atoms with E-state index in [0.717, 1.165) is 33.2 Å². The van der Waals surface area contributed by atoms with Gasteiger partial charge in [0, 0.05) is 41.9 Å². The zero-order valence-corrected chi connectivity index (χ0v) is 17.7. The number of carboxylic acids is 1. The molecule has 6 heteroatoms. The number of aryl methyl sites for hydroxylation is 1. The highest BCUT2D eigenvalue weighted by molar-refractivity contribution is 5.89. The fraction of sp³-hybridized carbons (Fsp3) is 0.154. The number of para-hydroxylation sites is 1. The van der Waals surface area contributed by atoms with Crippen molar-refractivity contribution >= 4 is 28.5 Å². The second kappa shape index (κ2) is 9.39. The summed E-state index contributed by atoms with van der Waals surface area (Å²) in [5.41, 5.74) is 5.44. The van der Waals surface area contributed by atoms with E-state index in [1.54, 1.807) is 0 Å². The van der Waals surface area contributed by atoms with Crippen LogP contribution >= 0.6 is 0 Å². The molecule has 6 nitrogen and oxygen atoms in total. The molecule has 0 unspecified atom stereocenters. The quantitative estimate of drug-likeness (QED) is 0.351. The van der Waals surface area contributed by atoms with E-state index in [9.17, 15) is 9.59 Å². The van der Waals surface area contributed by atoms with Crippen LogP contribution in [-0.4, -0.2) is 22.0 Å². The lowest BCUT2D eigenvalue weighted by Gasteiger charge is -2.16. The van der Waals surface area contributed by atoms with Crippen molar-refractivity contribution in [1.82, 2.24) is 4.98 Å². The molecule has 1 heterocycles. The summed E-state index contributed by atoms with van der Waals surface area (Å²) in [6.45, 7) is 1.76. The molecule has 4 aromatic rings. The third-order valence-electron chi connectivity index (χ3n) is 5.25. The van der Waals surface area contributed by atoms with E-state index in [-0.39, 0.29) is 18.9 Å². The number of carboxylic acid groups (broad SMARTS) is 1.